The van der Waals surface area contributed by atoms with Gasteiger partial charge in [0.25, 0.3) is 5.69 Å². The summed E-state index contributed by atoms with van der Waals surface area (Å²) in [5, 5.41) is 37.2. The van der Waals surface area contributed by atoms with E-state index in [4.69, 9.17) is 15.2 Å². The highest BCUT2D eigenvalue weighted by Gasteiger charge is 2.71. The summed E-state index contributed by atoms with van der Waals surface area (Å²) in [6.07, 6.45) is 1.84. The van der Waals surface area contributed by atoms with E-state index >= 15 is 0 Å². The molecule has 0 unspecified atom stereocenters. The Morgan fingerprint density at radius 3 is 2.89 bits per heavy atom. The minimum Gasteiger partial charge on any atom is -0.505 e. The molecule has 3 aliphatic heterocycles. The van der Waals surface area contributed by atoms with Gasteiger partial charge in [-0.2, -0.15) is 0 Å². The average Bonchev–Trinajstić information content (AvgIpc) is 3.49. The first-order chi connectivity index (χ1) is 17.7. The van der Waals surface area contributed by atoms with Crippen LogP contribution in [0.5, 0.6) is 11.5 Å². The van der Waals surface area contributed by atoms with Crippen LogP contribution in [0.3, 0.4) is 0 Å². The number of fused-ring (bicyclic) bond motifs is 5. The van der Waals surface area contributed by atoms with Crippen LogP contribution in [-0.2, 0) is 9.47 Å². The number of carbonyl (C=O) groups is 1. The number of rotatable bonds is 9. The smallest absolute Gasteiger partial charge is 0.404 e. The third kappa shape index (κ3) is 4.11. The Morgan fingerprint density at radius 2 is 2.24 bits per heavy atom. The maximum atomic E-state index is 11.4. The molecule has 1 aromatic carbocycles. The summed E-state index contributed by atoms with van der Waals surface area (Å²) in [6, 6.07) is 3.03. The van der Waals surface area contributed by atoms with Crippen LogP contribution in [0.4, 0.5) is 21.9 Å². The van der Waals surface area contributed by atoms with E-state index in [0.29, 0.717) is 34.1 Å². The number of piperazine rings is 1. The molecule has 0 spiro atoms. The number of phenolic OH excluding ortho intramolecular Hbond substituents is 2. The number of primary amides is 1. The molecule has 37 heavy (non-hydrogen) atoms. The summed E-state index contributed by atoms with van der Waals surface area (Å²) in [4.78, 5) is 32.1. The highest BCUT2D eigenvalue weighted by Crippen LogP contribution is 2.64. The van der Waals surface area contributed by atoms with E-state index in [0.717, 1.165) is 0 Å². The predicted octanol–water partition coefficient (Wildman–Crippen LogP) is 2.55. The maximum Gasteiger partial charge on any atom is 0.404 e. The molecule has 196 valence electrons. The minimum atomic E-state index is -0.962. The number of methoxy groups -OCH3 is 1. The third-order valence-corrected chi connectivity index (χ3v) is 8.97. The van der Waals surface area contributed by atoms with Crippen molar-refractivity contribution in [2.45, 2.75) is 35.7 Å². The number of anilines is 1. The number of nitro groups is 1. The molecule has 0 aliphatic carbocycles. The van der Waals surface area contributed by atoms with Crippen LogP contribution in [-0.4, -0.2) is 76.3 Å². The summed E-state index contributed by atoms with van der Waals surface area (Å²) in [5.74, 6) is -0.349. The van der Waals surface area contributed by atoms with Gasteiger partial charge in [0, 0.05) is 48.9 Å². The molecule has 2 aromatic rings. The van der Waals surface area contributed by atoms with Crippen molar-refractivity contribution in [3.8, 4) is 11.5 Å². The number of aliphatic imine (C=N–C) groups is 1. The van der Waals surface area contributed by atoms with E-state index < -0.39 is 22.7 Å². The SMILES string of the molecule is CO[C@@]12[C@H](COC(N)=O)c3c(O)c(N=CCSSc4ccc([N+](=O)[O-])cn4)c(C)c(O)c3N1C[C@@H]1N[C@@H]12. The number of aromatic hydroxyl groups is 2. The van der Waals surface area contributed by atoms with Crippen LogP contribution >= 0.6 is 21.6 Å². The van der Waals surface area contributed by atoms with Gasteiger partial charge < -0.3 is 35.6 Å². The fourth-order valence-corrected chi connectivity index (χ4v) is 6.84. The van der Waals surface area contributed by atoms with Gasteiger partial charge in [-0.15, -0.1) is 0 Å². The second-order valence-corrected chi connectivity index (χ2v) is 11.1. The topological polar surface area (TPSA) is 196 Å². The Labute approximate surface area is 219 Å². The Bertz CT molecular complexity index is 1290. The second kappa shape index (κ2) is 9.55. The summed E-state index contributed by atoms with van der Waals surface area (Å²) in [5.41, 5.74) is 5.62. The lowest BCUT2D eigenvalue weighted by Gasteiger charge is -2.38. The van der Waals surface area contributed by atoms with E-state index in [1.54, 1.807) is 26.3 Å². The Hall–Kier alpha value is -3.27. The summed E-state index contributed by atoms with van der Waals surface area (Å²) in [7, 11) is 4.27. The molecule has 5 rings (SSSR count). The zero-order valence-corrected chi connectivity index (χ0v) is 21.4. The van der Waals surface area contributed by atoms with E-state index in [-0.39, 0.29) is 41.6 Å². The van der Waals surface area contributed by atoms with Gasteiger partial charge in [-0.3, -0.25) is 15.1 Å². The van der Waals surface area contributed by atoms with Crippen molar-refractivity contribution in [3.63, 3.8) is 0 Å². The number of hydrogen-bond donors (Lipinski definition) is 4. The van der Waals surface area contributed by atoms with Crippen molar-refractivity contribution >= 4 is 51.0 Å². The normalized spacial score (nSPS) is 25.1. The minimum absolute atomic E-state index is 0.0265. The van der Waals surface area contributed by atoms with Crippen LogP contribution in [0.15, 0.2) is 28.3 Å². The molecule has 0 radical (unpaired) electrons. The van der Waals surface area contributed by atoms with E-state index in [9.17, 15) is 25.1 Å². The second-order valence-electron chi connectivity index (χ2n) is 8.72. The first kappa shape index (κ1) is 25.4. The number of amides is 1. The van der Waals surface area contributed by atoms with Crippen LogP contribution in [0, 0.1) is 17.0 Å². The molecule has 13 nitrogen and oxygen atoms in total. The number of carbonyl (C=O) groups excluding carboxylic acids is 1. The van der Waals surface area contributed by atoms with Gasteiger partial charge in [0.2, 0.25) is 0 Å². The largest absolute Gasteiger partial charge is 0.505 e. The Kier molecular flexibility index (Phi) is 6.55. The lowest BCUT2D eigenvalue weighted by molar-refractivity contribution is -0.385. The van der Waals surface area contributed by atoms with Crippen molar-refractivity contribution in [2.24, 2.45) is 10.7 Å². The highest BCUT2D eigenvalue weighted by molar-refractivity contribution is 8.76. The van der Waals surface area contributed by atoms with Crippen LogP contribution in [0.2, 0.25) is 0 Å². The molecule has 3 aliphatic rings. The summed E-state index contributed by atoms with van der Waals surface area (Å²) < 4.78 is 11.1. The molecular formula is C22H24N6O7S2. The molecule has 2 fully saturated rings. The standard InChI is InChI=1S/C22H24N6O7S2/c1-10-16(24-5-6-36-37-14-4-3-11(7-25-14)28(32)33)19(30)15-12(9-35-21(23)31)22(34-2)20-13(26-20)8-27(22)17(15)18(10)29/h3-5,7,12-13,20,26,29-30H,6,8-9H2,1-2H3,(H2,23,31)/t12-,13+,20+,22-/m1/s1. The lowest BCUT2D eigenvalue weighted by Crippen LogP contribution is -2.54. The van der Waals surface area contributed by atoms with Gasteiger partial charge in [0.15, 0.2) is 5.72 Å². The van der Waals surface area contributed by atoms with Gasteiger partial charge in [0.1, 0.15) is 35.0 Å². The molecular weight excluding hydrogens is 524 g/mol. The molecule has 4 heterocycles. The van der Waals surface area contributed by atoms with E-state index in [1.165, 1.54) is 33.9 Å². The van der Waals surface area contributed by atoms with Gasteiger partial charge in [-0.1, -0.05) is 10.8 Å². The summed E-state index contributed by atoms with van der Waals surface area (Å²) >= 11 is 0. The number of aromatic nitrogens is 1. The lowest BCUT2D eigenvalue weighted by atomic mass is 9.88. The molecule has 1 amide bonds. The maximum absolute atomic E-state index is 11.4. The Morgan fingerprint density at radius 1 is 1.46 bits per heavy atom. The first-order valence-electron chi connectivity index (χ1n) is 11.2. The van der Waals surface area contributed by atoms with Crippen LogP contribution in [0.25, 0.3) is 0 Å². The molecule has 0 bridgehead atoms. The first-order valence-corrected chi connectivity index (χ1v) is 13.5. The van der Waals surface area contributed by atoms with Crippen molar-refractivity contribution in [2.75, 3.05) is 30.9 Å². The zero-order valence-electron chi connectivity index (χ0n) is 19.8. The number of hydrogen-bond acceptors (Lipinski definition) is 13. The molecule has 0 saturated carbocycles. The number of nitrogens with two attached hydrogens (primary N) is 1. The number of benzene rings is 1. The monoisotopic (exact) mass is 548 g/mol. The van der Waals surface area contributed by atoms with Crippen molar-refractivity contribution in [1.82, 2.24) is 10.3 Å². The molecule has 1 aromatic heterocycles. The third-order valence-electron chi connectivity index (χ3n) is 6.88. The van der Waals surface area contributed by atoms with Gasteiger partial charge in [0.05, 0.1) is 22.6 Å². The van der Waals surface area contributed by atoms with Crippen molar-refractivity contribution < 1.29 is 29.4 Å². The zero-order chi connectivity index (χ0) is 26.5. The number of phenols is 2. The van der Waals surface area contributed by atoms with Gasteiger partial charge >= 0.3 is 6.09 Å². The van der Waals surface area contributed by atoms with Gasteiger partial charge in [-0.05, 0) is 23.8 Å². The molecule has 4 atom stereocenters. The highest BCUT2D eigenvalue weighted by atomic mass is 33.1. The molecule has 5 N–H and O–H groups in total. The Balaban J connectivity index is 1.39. The fraction of sp³-hybridized carbons (Fsp3) is 0.409. The number of nitrogens with one attached hydrogen (secondary N) is 1. The predicted molar refractivity (Wildman–Crippen MR) is 138 cm³/mol. The van der Waals surface area contributed by atoms with Crippen molar-refractivity contribution in [3.05, 3.63) is 39.6 Å². The van der Waals surface area contributed by atoms with Crippen molar-refractivity contribution in [1.29, 1.82) is 0 Å². The average molecular weight is 549 g/mol. The molecule has 15 heteroatoms. The van der Waals surface area contributed by atoms with Crippen LogP contribution in [0.1, 0.15) is 17.0 Å². The fourth-order valence-electron chi connectivity index (χ4n) is 5.25. The molecule has 2 saturated heterocycles. The van der Waals surface area contributed by atoms with Crippen LogP contribution < -0.4 is 16.0 Å². The number of ether oxygens (including phenoxy) is 2. The summed E-state index contributed by atoms with van der Waals surface area (Å²) in [6.45, 7) is 2.07. The van der Waals surface area contributed by atoms with Gasteiger partial charge in [-0.25, -0.2) is 9.78 Å². The number of pyridine rings is 1. The quantitative estimate of drug-likeness (QED) is 0.0681. The van der Waals surface area contributed by atoms with E-state index in [1.807, 2.05) is 4.90 Å². The van der Waals surface area contributed by atoms with E-state index in [2.05, 4.69) is 15.3 Å². The number of nitrogens with zero attached hydrogens (tertiary/aromatic N) is 4.